The number of carbonyl (C=O) groups is 1. The van der Waals surface area contributed by atoms with Crippen molar-refractivity contribution < 1.29 is 19.0 Å². The molecule has 3 N–H and O–H groups in total. The summed E-state index contributed by atoms with van der Waals surface area (Å²) in [5.74, 6) is 1.29. The average Bonchev–Trinajstić information content (AvgIpc) is 3.16. The highest BCUT2D eigenvalue weighted by atomic mass is 127. The van der Waals surface area contributed by atoms with Crippen molar-refractivity contribution in [3.63, 3.8) is 0 Å². The number of hydrogen-bond acceptors (Lipinski definition) is 5. The Labute approximate surface area is 183 Å². The van der Waals surface area contributed by atoms with Crippen molar-refractivity contribution in [2.45, 2.75) is 26.0 Å². The van der Waals surface area contributed by atoms with E-state index in [-0.39, 0.29) is 42.5 Å². The van der Waals surface area contributed by atoms with Crippen molar-refractivity contribution in [3.05, 3.63) is 29.3 Å². The van der Waals surface area contributed by atoms with Crippen LogP contribution in [0.1, 0.15) is 17.5 Å². The van der Waals surface area contributed by atoms with Crippen LogP contribution in [0.25, 0.3) is 0 Å². The SMILES string of the molecule is CN=C(NCC(=O)NCCOC)NCc1ccc(C)cc1OC1CCOC1.I. The van der Waals surface area contributed by atoms with Crippen LogP contribution in [0.2, 0.25) is 0 Å². The van der Waals surface area contributed by atoms with E-state index < -0.39 is 0 Å². The lowest BCUT2D eigenvalue weighted by atomic mass is 10.1. The molecule has 1 amide bonds. The Morgan fingerprint density at radius 1 is 1.32 bits per heavy atom. The number of carbonyl (C=O) groups excluding carboxylic acids is 1. The van der Waals surface area contributed by atoms with Crippen LogP contribution in [0.15, 0.2) is 23.2 Å². The predicted molar refractivity (Wildman–Crippen MR) is 120 cm³/mol. The van der Waals surface area contributed by atoms with Gasteiger partial charge in [0.15, 0.2) is 5.96 Å². The maximum Gasteiger partial charge on any atom is 0.239 e. The van der Waals surface area contributed by atoms with Crippen LogP contribution < -0.4 is 20.7 Å². The number of halogens is 1. The molecule has 1 saturated heterocycles. The molecule has 1 unspecified atom stereocenters. The minimum Gasteiger partial charge on any atom is -0.488 e. The van der Waals surface area contributed by atoms with E-state index in [2.05, 4.69) is 27.0 Å². The Morgan fingerprint density at radius 3 is 2.82 bits per heavy atom. The molecule has 0 aromatic heterocycles. The largest absolute Gasteiger partial charge is 0.488 e. The van der Waals surface area contributed by atoms with E-state index in [1.54, 1.807) is 14.2 Å². The second-order valence-electron chi connectivity index (χ2n) is 6.34. The summed E-state index contributed by atoms with van der Waals surface area (Å²) in [5.41, 5.74) is 2.17. The summed E-state index contributed by atoms with van der Waals surface area (Å²) in [6.45, 7) is 5.06. The molecule has 0 radical (unpaired) electrons. The normalized spacial score (nSPS) is 16.2. The van der Waals surface area contributed by atoms with Gasteiger partial charge in [-0.2, -0.15) is 0 Å². The van der Waals surface area contributed by atoms with Gasteiger partial charge in [-0.15, -0.1) is 24.0 Å². The fourth-order valence-electron chi connectivity index (χ4n) is 2.62. The Balaban J connectivity index is 0.00000392. The number of aryl methyl sites for hydroxylation is 1. The highest BCUT2D eigenvalue weighted by Crippen LogP contribution is 2.23. The molecule has 0 spiro atoms. The summed E-state index contributed by atoms with van der Waals surface area (Å²) in [6.07, 6.45) is 1.00. The number of nitrogens with one attached hydrogen (secondary N) is 3. The number of methoxy groups -OCH3 is 1. The molecule has 1 aromatic rings. The third kappa shape index (κ3) is 8.61. The smallest absolute Gasteiger partial charge is 0.239 e. The van der Waals surface area contributed by atoms with E-state index in [0.717, 1.165) is 29.9 Å². The lowest BCUT2D eigenvalue weighted by Gasteiger charge is -2.18. The van der Waals surface area contributed by atoms with Crippen molar-refractivity contribution in [1.29, 1.82) is 0 Å². The number of aliphatic imine (C=N–C) groups is 1. The molecule has 1 fully saturated rings. The molecule has 9 heteroatoms. The molecule has 0 saturated carbocycles. The molecule has 0 bridgehead atoms. The fraction of sp³-hybridized carbons (Fsp3) is 0.579. The molecule has 0 aliphatic carbocycles. The molecule has 8 nitrogen and oxygen atoms in total. The summed E-state index contributed by atoms with van der Waals surface area (Å²) >= 11 is 0. The summed E-state index contributed by atoms with van der Waals surface area (Å²) in [5, 5.41) is 8.96. The van der Waals surface area contributed by atoms with Crippen LogP contribution in [-0.2, 0) is 20.8 Å². The second-order valence-corrected chi connectivity index (χ2v) is 6.34. The zero-order valence-corrected chi connectivity index (χ0v) is 19.1. The van der Waals surface area contributed by atoms with Crippen LogP contribution in [0, 0.1) is 6.92 Å². The highest BCUT2D eigenvalue weighted by Gasteiger charge is 2.18. The summed E-state index contributed by atoms with van der Waals surface area (Å²) in [7, 11) is 3.26. The van der Waals surface area contributed by atoms with Gasteiger partial charge in [0.1, 0.15) is 11.9 Å². The first kappa shape index (κ1) is 24.4. The van der Waals surface area contributed by atoms with E-state index in [4.69, 9.17) is 14.2 Å². The predicted octanol–water partition coefficient (Wildman–Crippen LogP) is 1.21. The number of ether oxygens (including phenoxy) is 3. The molecule has 1 aromatic carbocycles. The van der Waals surface area contributed by atoms with Crippen molar-refractivity contribution >= 4 is 35.8 Å². The topological polar surface area (TPSA) is 93.2 Å². The lowest BCUT2D eigenvalue weighted by Crippen LogP contribution is -2.43. The van der Waals surface area contributed by atoms with Gasteiger partial charge in [-0.3, -0.25) is 9.79 Å². The Bertz CT molecular complexity index is 636. The number of amides is 1. The molecular formula is C19H31IN4O4. The van der Waals surface area contributed by atoms with Gasteiger partial charge in [0.2, 0.25) is 5.91 Å². The molecule has 1 aliphatic rings. The Morgan fingerprint density at radius 2 is 2.14 bits per heavy atom. The maximum atomic E-state index is 11.8. The summed E-state index contributed by atoms with van der Waals surface area (Å²) in [6, 6.07) is 6.13. The van der Waals surface area contributed by atoms with Crippen LogP contribution in [0.5, 0.6) is 5.75 Å². The first-order valence-electron chi connectivity index (χ1n) is 9.16. The van der Waals surface area contributed by atoms with Gasteiger partial charge in [0.25, 0.3) is 0 Å². The van der Waals surface area contributed by atoms with Gasteiger partial charge in [-0.25, -0.2) is 0 Å². The van der Waals surface area contributed by atoms with Crippen molar-refractivity contribution in [2.75, 3.05) is 47.1 Å². The Hall–Kier alpha value is -1.59. The quantitative estimate of drug-likeness (QED) is 0.202. The van der Waals surface area contributed by atoms with Crippen molar-refractivity contribution in [1.82, 2.24) is 16.0 Å². The summed E-state index contributed by atoms with van der Waals surface area (Å²) in [4.78, 5) is 15.9. The van der Waals surface area contributed by atoms with Gasteiger partial charge in [-0.05, 0) is 18.6 Å². The molecule has 1 heterocycles. The van der Waals surface area contributed by atoms with Gasteiger partial charge >= 0.3 is 0 Å². The number of hydrogen-bond donors (Lipinski definition) is 3. The number of benzene rings is 1. The summed E-state index contributed by atoms with van der Waals surface area (Å²) < 4.78 is 16.4. The number of guanidine groups is 1. The van der Waals surface area contributed by atoms with Crippen LogP contribution in [0.3, 0.4) is 0 Å². The standard InChI is InChI=1S/C19H30N4O4.HI/c1-14-4-5-15(17(10-14)27-16-6-8-26-13-16)11-22-19(20-2)23-12-18(24)21-7-9-25-3;/h4-5,10,16H,6-9,11-13H2,1-3H3,(H,21,24)(H2,20,22,23);1H. The third-order valence-corrected chi connectivity index (χ3v) is 4.12. The maximum absolute atomic E-state index is 11.8. The zero-order chi connectivity index (χ0) is 19.5. The minimum absolute atomic E-state index is 0. The molecule has 158 valence electrons. The molecule has 2 rings (SSSR count). The average molecular weight is 506 g/mol. The van der Waals surface area contributed by atoms with Crippen LogP contribution in [0.4, 0.5) is 0 Å². The van der Waals surface area contributed by atoms with Crippen molar-refractivity contribution in [3.8, 4) is 5.75 Å². The second kappa shape index (κ2) is 13.6. The van der Waals surface area contributed by atoms with E-state index in [0.29, 0.717) is 32.3 Å². The van der Waals surface area contributed by atoms with Gasteiger partial charge < -0.3 is 30.2 Å². The third-order valence-electron chi connectivity index (χ3n) is 4.12. The first-order chi connectivity index (χ1) is 13.1. The van der Waals surface area contributed by atoms with Gasteiger partial charge in [-0.1, -0.05) is 12.1 Å². The zero-order valence-electron chi connectivity index (χ0n) is 16.7. The van der Waals surface area contributed by atoms with E-state index in [1.807, 2.05) is 19.1 Å². The lowest BCUT2D eigenvalue weighted by molar-refractivity contribution is -0.120. The minimum atomic E-state index is -0.115. The number of nitrogens with zero attached hydrogens (tertiary/aromatic N) is 1. The van der Waals surface area contributed by atoms with Gasteiger partial charge in [0, 0.05) is 39.2 Å². The van der Waals surface area contributed by atoms with Crippen LogP contribution in [-0.4, -0.2) is 65.0 Å². The monoisotopic (exact) mass is 506 g/mol. The molecule has 1 atom stereocenters. The van der Waals surface area contributed by atoms with E-state index in [9.17, 15) is 4.79 Å². The fourth-order valence-corrected chi connectivity index (χ4v) is 2.62. The van der Waals surface area contributed by atoms with Crippen LogP contribution >= 0.6 is 24.0 Å². The highest BCUT2D eigenvalue weighted by molar-refractivity contribution is 14.0. The van der Waals surface area contributed by atoms with E-state index in [1.165, 1.54) is 0 Å². The number of rotatable bonds is 9. The Kier molecular flexibility index (Phi) is 11.8. The van der Waals surface area contributed by atoms with E-state index >= 15 is 0 Å². The molecule has 28 heavy (non-hydrogen) atoms. The van der Waals surface area contributed by atoms with Gasteiger partial charge in [0.05, 0.1) is 26.4 Å². The first-order valence-corrected chi connectivity index (χ1v) is 9.16. The molecular weight excluding hydrogens is 475 g/mol. The van der Waals surface area contributed by atoms with Crippen molar-refractivity contribution in [2.24, 2.45) is 4.99 Å². The molecule has 1 aliphatic heterocycles.